The monoisotopic (exact) mass is 210 g/mol. The Kier molecular flexibility index (Phi) is 3.71. The molecule has 2 rings (SSSR count). The molecule has 0 aromatic rings. The molecule has 0 aliphatic heterocycles. The summed E-state index contributed by atoms with van der Waals surface area (Å²) in [5, 5.41) is 9.05. The normalized spacial score (nSPS) is 38.2. The molecule has 2 bridgehead atoms. The first kappa shape index (κ1) is 11.4. The summed E-state index contributed by atoms with van der Waals surface area (Å²) in [6.45, 7) is 4.90. The first-order chi connectivity index (χ1) is 7.19. The fourth-order valence-corrected chi connectivity index (χ4v) is 4.04. The van der Waals surface area contributed by atoms with E-state index in [0.29, 0.717) is 12.5 Å². The van der Waals surface area contributed by atoms with Crippen molar-refractivity contribution in [2.45, 2.75) is 52.4 Å². The third kappa shape index (κ3) is 2.75. The number of aliphatic hydroxyl groups is 1. The van der Waals surface area contributed by atoms with Gasteiger partial charge in [0.05, 0.1) is 0 Å². The molecule has 2 aliphatic rings. The van der Waals surface area contributed by atoms with E-state index in [1.807, 2.05) is 0 Å². The van der Waals surface area contributed by atoms with Crippen LogP contribution < -0.4 is 0 Å². The molecular formula is C14H26O. The highest BCUT2D eigenvalue weighted by Crippen LogP contribution is 2.50. The Morgan fingerprint density at radius 3 is 2.47 bits per heavy atom. The largest absolute Gasteiger partial charge is 0.396 e. The third-order valence-corrected chi connectivity index (χ3v) is 4.71. The summed E-state index contributed by atoms with van der Waals surface area (Å²) in [6.07, 6.45) is 8.71. The van der Waals surface area contributed by atoms with Crippen molar-refractivity contribution in [1.29, 1.82) is 0 Å². The van der Waals surface area contributed by atoms with Gasteiger partial charge in [0.25, 0.3) is 0 Å². The summed E-state index contributed by atoms with van der Waals surface area (Å²) >= 11 is 0. The van der Waals surface area contributed by atoms with Gasteiger partial charge in [0, 0.05) is 6.61 Å². The van der Waals surface area contributed by atoms with Crippen LogP contribution in [0.2, 0.25) is 0 Å². The maximum Gasteiger partial charge on any atom is 0.0456 e. The second-order valence-electron chi connectivity index (χ2n) is 6.30. The van der Waals surface area contributed by atoms with Gasteiger partial charge in [-0.25, -0.2) is 0 Å². The molecule has 0 spiro atoms. The average Bonchev–Trinajstić information content (AvgIpc) is 2.78. The van der Waals surface area contributed by atoms with Gasteiger partial charge in [-0.15, -0.1) is 0 Å². The molecular weight excluding hydrogens is 184 g/mol. The van der Waals surface area contributed by atoms with E-state index >= 15 is 0 Å². The van der Waals surface area contributed by atoms with E-state index in [4.69, 9.17) is 5.11 Å². The summed E-state index contributed by atoms with van der Waals surface area (Å²) in [6, 6.07) is 0. The molecule has 2 saturated carbocycles. The maximum atomic E-state index is 9.05. The zero-order valence-electron chi connectivity index (χ0n) is 10.3. The van der Waals surface area contributed by atoms with Crippen LogP contribution in [0.15, 0.2) is 0 Å². The van der Waals surface area contributed by atoms with E-state index in [1.165, 1.54) is 38.5 Å². The minimum Gasteiger partial charge on any atom is -0.396 e. The Balaban J connectivity index is 1.72. The molecule has 1 N–H and O–H groups in total. The average molecular weight is 210 g/mol. The lowest BCUT2D eigenvalue weighted by molar-refractivity contribution is 0.196. The maximum absolute atomic E-state index is 9.05. The standard InChI is InChI=1S/C14H26O/c1-10(5-11(2)9-15)6-14-8-12-3-4-13(14)7-12/h10-15H,3-9H2,1-2H3. The topological polar surface area (TPSA) is 20.2 Å². The minimum absolute atomic E-state index is 0.362. The van der Waals surface area contributed by atoms with Crippen molar-refractivity contribution in [3.8, 4) is 0 Å². The van der Waals surface area contributed by atoms with Crippen LogP contribution in [-0.2, 0) is 0 Å². The summed E-state index contributed by atoms with van der Waals surface area (Å²) < 4.78 is 0. The van der Waals surface area contributed by atoms with Crippen LogP contribution >= 0.6 is 0 Å². The fourth-order valence-electron chi connectivity index (χ4n) is 4.04. The third-order valence-electron chi connectivity index (χ3n) is 4.71. The summed E-state index contributed by atoms with van der Waals surface area (Å²) in [5.74, 6) is 4.50. The van der Waals surface area contributed by atoms with Crippen molar-refractivity contribution < 1.29 is 5.11 Å². The molecule has 0 aromatic carbocycles. The molecule has 2 aliphatic carbocycles. The van der Waals surface area contributed by atoms with Gasteiger partial charge in [-0.1, -0.05) is 20.3 Å². The number of fused-ring (bicyclic) bond motifs is 2. The van der Waals surface area contributed by atoms with E-state index in [-0.39, 0.29) is 0 Å². The second kappa shape index (κ2) is 4.86. The van der Waals surface area contributed by atoms with Crippen LogP contribution in [0.1, 0.15) is 52.4 Å². The first-order valence-corrected chi connectivity index (χ1v) is 6.79. The lowest BCUT2D eigenvalue weighted by Crippen LogP contribution is -2.16. The quantitative estimate of drug-likeness (QED) is 0.736. The van der Waals surface area contributed by atoms with Crippen molar-refractivity contribution in [2.75, 3.05) is 6.61 Å². The van der Waals surface area contributed by atoms with Crippen molar-refractivity contribution in [3.05, 3.63) is 0 Å². The van der Waals surface area contributed by atoms with Gasteiger partial charge in [0.15, 0.2) is 0 Å². The highest BCUT2D eigenvalue weighted by atomic mass is 16.3. The van der Waals surface area contributed by atoms with E-state index in [1.54, 1.807) is 0 Å². The lowest BCUT2D eigenvalue weighted by Gasteiger charge is -2.25. The molecule has 0 aromatic heterocycles. The predicted octanol–water partition coefficient (Wildman–Crippen LogP) is 3.47. The number of rotatable bonds is 5. The highest BCUT2D eigenvalue weighted by Gasteiger charge is 2.39. The Labute approximate surface area is 94.3 Å². The van der Waals surface area contributed by atoms with Crippen LogP contribution in [0.25, 0.3) is 0 Å². The van der Waals surface area contributed by atoms with E-state index < -0.39 is 0 Å². The Morgan fingerprint density at radius 2 is 1.93 bits per heavy atom. The molecule has 5 atom stereocenters. The SMILES string of the molecule is CC(CO)CC(C)CC1CC2CCC1C2. The van der Waals surface area contributed by atoms with Gasteiger partial charge in [0.2, 0.25) is 0 Å². The van der Waals surface area contributed by atoms with Crippen LogP contribution in [0.3, 0.4) is 0 Å². The fraction of sp³-hybridized carbons (Fsp3) is 1.00. The molecule has 2 fully saturated rings. The molecule has 0 saturated heterocycles. The molecule has 15 heavy (non-hydrogen) atoms. The molecule has 0 heterocycles. The van der Waals surface area contributed by atoms with Crippen molar-refractivity contribution in [1.82, 2.24) is 0 Å². The van der Waals surface area contributed by atoms with E-state index in [9.17, 15) is 0 Å². The highest BCUT2D eigenvalue weighted by molar-refractivity contribution is 4.90. The molecule has 1 nitrogen and oxygen atoms in total. The van der Waals surface area contributed by atoms with E-state index in [0.717, 1.165) is 23.7 Å². The molecule has 1 heteroatoms. The number of hydrogen-bond acceptors (Lipinski definition) is 1. The number of hydrogen-bond donors (Lipinski definition) is 1. The summed E-state index contributed by atoms with van der Waals surface area (Å²) in [7, 11) is 0. The van der Waals surface area contributed by atoms with Gasteiger partial charge < -0.3 is 5.11 Å². The lowest BCUT2D eigenvalue weighted by atomic mass is 9.80. The van der Waals surface area contributed by atoms with Gasteiger partial charge in [0.1, 0.15) is 0 Å². The Hall–Kier alpha value is -0.0400. The van der Waals surface area contributed by atoms with Crippen LogP contribution in [0, 0.1) is 29.6 Å². The van der Waals surface area contributed by atoms with Gasteiger partial charge in [-0.05, 0) is 61.7 Å². The summed E-state index contributed by atoms with van der Waals surface area (Å²) in [5.41, 5.74) is 0. The van der Waals surface area contributed by atoms with Crippen LogP contribution in [0.5, 0.6) is 0 Å². The predicted molar refractivity (Wildman–Crippen MR) is 63.6 cm³/mol. The van der Waals surface area contributed by atoms with Gasteiger partial charge in [-0.2, -0.15) is 0 Å². The van der Waals surface area contributed by atoms with E-state index in [2.05, 4.69) is 13.8 Å². The Morgan fingerprint density at radius 1 is 1.13 bits per heavy atom. The zero-order valence-corrected chi connectivity index (χ0v) is 10.3. The van der Waals surface area contributed by atoms with Gasteiger partial charge in [-0.3, -0.25) is 0 Å². The van der Waals surface area contributed by atoms with Crippen molar-refractivity contribution in [2.24, 2.45) is 29.6 Å². The zero-order chi connectivity index (χ0) is 10.8. The second-order valence-corrected chi connectivity index (χ2v) is 6.30. The van der Waals surface area contributed by atoms with Crippen molar-refractivity contribution in [3.63, 3.8) is 0 Å². The van der Waals surface area contributed by atoms with Crippen molar-refractivity contribution >= 4 is 0 Å². The summed E-state index contributed by atoms with van der Waals surface area (Å²) in [4.78, 5) is 0. The molecule has 0 radical (unpaired) electrons. The molecule has 88 valence electrons. The van der Waals surface area contributed by atoms with Crippen LogP contribution in [-0.4, -0.2) is 11.7 Å². The van der Waals surface area contributed by atoms with Gasteiger partial charge >= 0.3 is 0 Å². The Bertz CT molecular complexity index is 202. The minimum atomic E-state index is 0.362. The molecule has 5 unspecified atom stereocenters. The first-order valence-electron chi connectivity index (χ1n) is 6.79. The molecule has 0 amide bonds. The number of aliphatic hydroxyl groups excluding tert-OH is 1. The van der Waals surface area contributed by atoms with Crippen LogP contribution in [0.4, 0.5) is 0 Å². The smallest absolute Gasteiger partial charge is 0.0456 e.